The lowest BCUT2D eigenvalue weighted by atomic mass is 10.0. The lowest BCUT2D eigenvalue weighted by Gasteiger charge is -2.22. The molecule has 1 atom stereocenters. The van der Waals surface area contributed by atoms with E-state index in [0.29, 0.717) is 12.0 Å². The SMILES string of the molecule is CCC(Nc1c(Nc2cccc(C(=O)N(C)C)c2O)c(=O)c1=O)c1ccc2c(c1)OC(F)(F)O2. The Balaban J connectivity index is 1.60. The highest BCUT2D eigenvalue weighted by molar-refractivity contribution is 5.99. The molecule has 178 valence electrons. The second-order valence-corrected chi connectivity index (χ2v) is 7.91. The van der Waals surface area contributed by atoms with Crippen molar-refractivity contribution in [3.63, 3.8) is 0 Å². The highest BCUT2D eigenvalue weighted by Gasteiger charge is 2.43. The summed E-state index contributed by atoms with van der Waals surface area (Å²) < 4.78 is 35.5. The zero-order valence-electron chi connectivity index (χ0n) is 18.4. The Hall–Kier alpha value is -4.15. The van der Waals surface area contributed by atoms with Crippen LogP contribution < -0.4 is 31.0 Å². The van der Waals surface area contributed by atoms with Crippen molar-refractivity contribution in [2.45, 2.75) is 25.7 Å². The van der Waals surface area contributed by atoms with Crippen molar-refractivity contribution >= 4 is 23.0 Å². The molecule has 11 heteroatoms. The molecule has 3 N–H and O–H groups in total. The van der Waals surface area contributed by atoms with E-state index < -0.39 is 29.1 Å². The monoisotopic (exact) mass is 473 g/mol. The molecule has 0 spiro atoms. The van der Waals surface area contributed by atoms with Gasteiger partial charge < -0.3 is 30.1 Å². The quantitative estimate of drug-likeness (QED) is 0.354. The molecule has 0 saturated carbocycles. The lowest BCUT2D eigenvalue weighted by molar-refractivity contribution is -0.286. The van der Waals surface area contributed by atoms with Crippen LogP contribution in [-0.4, -0.2) is 36.3 Å². The highest BCUT2D eigenvalue weighted by atomic mass is 19.3. The second-order valence-electron chi connectivity index (χ2n) is 7.91. The number of anilines is 3. The predicted octanol–water partition coefficient (Wildman–Crippen LogP) is 3.32. The van der Waals surface area contributed by atoms with Crippen LogP contribution >= 0.6 is 0 Å². The maximum atomic E-state index is 13.3. The van der Waals surface area contributed by atoms with Gasteiger partial charge in [-0.15, -0.1) is 8.78 Å². The topological polar surface area (TPSA) is 117 Å². The van der Waals surface area contributed by atoms with Crippen LogP contribution in [0.1, 0.15) is 35.3 Å². The maximum absolute atomic E-state index is 13.3. The number of carbonyl (C=O) groups is 1. The molecule has 0 aliphatic carbocycles. The average molecular weight is 473 g/mol. The van der Waals surface area contributed by atoms with Gasteiger partial charge in [-0.25, -0.2) is 0 Å². The van der Waals surface area contributed by atoms with E-state index in [9.17, 15) is 28.3 Å². The van der Waals surface area contributed by atoms with Crippen molar-refractivity contribution in [2.75, 3.05) is 24.7 Å². The highest BCUT2D eigenvalue weighted by Crippen LogP contribution is 2.43. The molecule has 1 unspecified atom stereocenters. The van der Waals surface area contributed by atoms with Crippen LogP contribution in [0.4, 0.5) is 25.8 Å². The van der Waals surface area contributed by atoms with E-state index in [1.807, 2.05) is 0 Å². The number of hydrogen-bond acceptors (Lipinski definition) is 8. The molecular weight excluding hydrogens is 452 g/mol. The summed E-state index contributed by atoms with van der Waals surface area (Å²) in [5, 5.41) is 16.2. The largest absolute Gasteiger partial charge is 0.586 e. The number of amides is 1. The molecule has 1 heterocycles. The predicted molar refractivity (Wildman–Crippen MR) is 120 cm³/mol. The number of halogens is 2. The van der Waals surface area contributed by atoms with Gasteiger partial charge in [0, 0.05) is 14.1 Å². The fraction of sp³-hybridized carbons (Fsp3) is 0.261. The summed E-state index contributed by atoms with van der Waals surface area (Å²) in [7, 11) is 3.06. The first-order chi connectivity index (χ1) is 16.0. The van der Waals surface area contributed by atoms with Gasteiger partial charge in [0.25, 0.3) is 16.8 Å². The van der Waals surface area contributed by atoms with Gasteiger partial charge in [0.1, 0.15) is 11.4 Å². The van der Waals surface area contributed by atoms with Gasteiger partial charge in [0.2, 0.25) is 0 Å². The molecule has 0 fully saturated rings. The normalized spacial score (nSPS) is 14.6. The molecule has 0 aromatic heterocycles. The number of benzene rings is 2. The molecule has 3 aromatic carbocycles. The van der Waals surface area contributed by atoms with Crippen molar-refractivity contribution in [3.05, 3.63) is 68.0 Å². The Kier molecular flexibility index (Phi) is 5.64. The molecule has 0 saturated heterocycles. The van der Waals surface area contributed by atoms with E-state index in [4.69, 9.17) is 0 Å². The minimum absolute atomic E-state index is 0.0202. The number of nitrogens with zero attached hydrogens (tertiary/aromatic N) is 1. The standard InChI is InChI=1S/C23H21F2N3O6/c1-4-13(11-8-9-15-16(10-11)34-23(24,25)33-15)26-17-18(21(31)20(17)30)27-14-7-5-6-12(19(14)29)22(32)28(2)3/h5-10,13,26-27,29H,4H2,1-3H3. The molecular formula is C23H21F2N3O6. The minimum atomic E-state index is -3.75. The van der Waals surface area contributed by atoms with Gasteiger partial charge in [-0.05, 0) is 36.2 Å². The van der Waals surface area contributed by atoms with Gasteiger partial charge in [0.15, 0.2) is 17.2 Å². The Morgan fingerprint density at radius 2 is 1.76 bits per heavy atom. The van der Waals surface area contributed by atoms with Crippen molar-refractivity contribution in [1.29, 1.82) is 0 Å². The van der Waals surface area contributed by atoms with Gasteiger partial charge in [-0.1, -0.05) is 19.1 Å². The number of hydrogen-bond donors (Lipinski definition) is 3. The first-order valence-corrected chi connectivity index (χ1v) is 10.3. The van der Waals surface area contributed by atoms with Gasteiger partial charge in [-0.3, -0.25) is 14.4 Å². The first-order valence-electron chi connectivity index (χ1n) is 10.3. The molecule has 1 aliphatic heterocycles. The zero-order valence-corrected chi connectivity index (χ0v) is 18.4. The third kappa shape index (κ3) is 4.00. The lowest BCUT2D eigenvalue weighted by Crippen LogP contribution is -2.37. The van der Waals surface area contributed by atoms with Gasteiger partial charge in [0.05, 0.1) is 17.3 Å². The van der Waals surface area contributed by atoms with E-state index >= 15 is 0 Å². The number of phenols is 1. The average Bonchev–Trinajstić information content (AvgIpc) is 3.11. The Morgan fingerprint density at radius 3 is 2.44 bits per heavy atom. The number of carbonyl (C=O) groups excluding carboxylic acids is 1. The van der Waals surface area contributed by atoms with E-state index in [-0.39, 0.29) is 39.9 Å². The van der Waals surface area contributed by atoms with Gasteiger partial charge in [-0.2, -0.15) is 0 Å². The number of nitrogens with one attached hydrogen (secondary N) is 2. The number of aromatic hydroxyl groups is 1. The number of ether oxygens (including phenoxy) is 2. The molecule has 4 rings (SSSR count). The molecule has 34 heavy (non-hydrogen) atoms. The van der Waals surface area contributed by atoms with Crippen LogP contribution in [0.2, 0.25) is 0 Å². The summed E-state index contributed by atoms with van der Waals surface area (Å²) >= 11 is 0. The molecule has 9 nitrogen and oxygen atoms in total. The van der Waals surface area contributed by atoms with Crippen molar-refractivity contribution in [2.24, 2.45) is 0 Å². The Morgan fingerprint density at radius 1 is 1.09 bits per heavy atom. The zero-order chi connectivity index (χ0) is 24.8. The summed E-state index contributed by atoms with van der Waals surface area (Å²) in [6.07, 6.45) is -3.32. The van der Waals surface area contributed by atoms with Crippen LogP contribution in [0.5, 0.6) is 17.2 Å². The van der Waals surface area contributed by atoms with E-state index in [2.05, 4.69) is 20.1 Å². The number of phenolic OH excluding ortho intramolecular Hbond substituents is 1. The maximum Gasteiger partial charge on any atom is 0.586 e. The molecule has 0 radical (unpaired) electrons. The third-order valence-corrected chi connectivity index (χ3v) is 5.40. The minimum Gasteiger partial charge on any atom is -0.505 e. The summed E-state index contributed by atoms with van der Waals surface area (Å²) in [5.41, 5.74) is -1.06. The van der Waals surface area contributed by atoms with E-state index in [0.717, 1.165) is 0 Å². The number of alkyl halides is 2. The number of para-hydroxylation sites is 1. The summed E-state index contributed by atoms with van der Waals surface area (Å²) in [5.74, 6) is -1.06. The summed E-state index contributed by atoms with van der Waals surface area (Å²) in [6.45, 7) is 1.80. The van der Waals surface area contributed by atoms with Crippen LogP contribution in [0, 0.1) is 0 Å². The molecule has 3 aromatic rings. The van der Waals surface area contributed by atoms with Crippen molar-refractivity contribution < 1.29 is 28.2 Å². The second kappa shape index (κ2) is 8.32. The molecule has 1 aliphatic rings. The van der Waals surface area contributed by atoms with Gasteiger partial charge >= 0.3 is 6.29 Å². The van der Waals surface area contributed by atoms with E-state index in [1.165, 1.54) is 49.3 Å². The summed E-state index contributed by atoms with van der Waals surface area (Å²) in [6, 6.07) is 8.14. The molecule has 0 bridgehead atoms. The van der Waals surface area contributed by atoms with Crippen LogP contribution in [0.3, 0.4) is 0 Å². The molecule has 1 amide bonds. The van der Waals surface area contributed by atoms with Crippen molar-refractivity contribution in [1.82, 2.24) is 4.90 Å². The van der Waals surface area contributed by atoms with Crippen LogP contribution in [0.25, 0.3) is 0 Å². The number of fused-ring (bicyclic) bond motifs is 1. The van der Waals surface area contributed by atoms with Crippen LogP contribution in [0.15, 0.2) is 46.0 Å². The summed E-state index contributed by atoms with van der Waals surface area (Å²) in [4.78, 5) is 38.1. The third-order valence-electron chi connectivity index (χ3n) is 5.40. The Bertz CT molecular complexity index is 1350. The smallest absolute Gasteiger partial charge is 0.505 e. The Labute approximate surface area is 192 Å². The first kappa shape index (κ1) is 23.0. The fourth-order valence-corrected chi connectivity index (χ4v) is 3.62. The van der Waals surface area contributed by atoms with E-state index in [1.54, 1.807) is 13.0 Å². The van der Waals surface area contributed by atoms with Crippen LogP contribution in [-0.2, 0) is 0 Å². The fourth-order valence-electron chi connectivity index (χ4n) is 3.62. The van der Waals surface area contributed by atoms with Crippen molar-refractivity contribution in [3.8, 4) is 17.2 Å². The number of rotatable bonds is 7.